The third kappa shape index (κ3) is 24.5. The van der Waals surface area contributed by atoms with Crippen molar-refractivity contribution in [2.75, 3.05) is 0 Å². The minimum atomic E-state index is -1.91. The number of aliphatic carboxylic acids is 2. The predicted octanol–water partition coefficient (Wildman–Crippen LogP) is 2.84. The van der Waals surface area contributed by atoms with Crippen LogP contribution in [0, 0.1) is 11.8 Å². The molecule has 0 bridgehead atoms. The summed E-state index contributed by atoms with van der Waals surface area (Å²) in [7, 11) is 0. The molecule has 8 nitrogen and oxygen atoms in total. The van der Waals surface area contributed by atoms with E-state index in [1.807, 2.05) is 27.7 Å². The van der Waals surface area contributed by atoms with Crippen LogP contribution < -0.4 is 0 Å². The van der Waals surface area contributed by atoms with Crippen molar-refractivity contribution in [2.24, 2.45) is 11.8 Å². The van der Waals surface area contributed by atoms with Crippen molar-refractivity contribution in [1.29, 1.82) is 0 Å². The van der Waals surface area contributed by atoms with E-state index in [9.17, 15) is 9.59 Å². The Morgan fingerprint density at radius 3 is 1.10 bits per heavy atom. The Balaban J connectivity index is -0.000000260. The monoisotopic (exact) mass is 391 g/mol. The van der Waals surface area contributed by atoms with Crippen molar-refractivity contribution >= 4 is 11.9 Å². The fourth-order valence-corrected chi connectivity index (χ4v) is 1.14. The molecule has 0 radical (unpaired) electrons. The Morgan fingerprint density at radius 2 is 1.05 bits per heavy atom. The third-order valence-corrected chi connectivity index (χ3v) is 2.01. The van der Waals surface area contributed by atoms with Gasteiger partial charge in [0.05, 0.1) is 0 Å². The molecular formula is C12H24N2O6Tc+. The fraction of sp³-hybridized carbons (Fsp3) is 0.833. The standard InChI is InChI=1S/2C6H12NO2.2O.Tc/c2*1-4(2)3-5(7)6(8)9;;;/h2*4-5,7H,3H2,1-2H3,(H,8,9);;;/q2*-1;;;+3/i;;;;1+1. The molecule has 2 unspecified atom stereocenters. The predicted molar refractivity (Wildman–Crippen MR) is 71.8 cm³/mol. The van der Waals surface area contributed by atoms with Gasteiger partial charge in [0, 0.05) is 0 Å². The van der Waals surface area contributed by atoms with Gasteiger partial charge in [-0.15, -0.1) is 0 Å². The zero-order valence-electron chi connectivity index (χ0n) is 12.6. The second kappa shape index (κ2) is 15.5. The van der Waals surface area contributed by atoms with Crippen LogP contribution in [0.5, 0.6) is 0 Å². The molecule has 9 heteroatoms. The van der Waals surface area contributed by atoms with Gasteiger partial charge in [-0.2, -0.15) is 0 Å². The summed E-state index contributed by atoms with van der Waals surface area (Å²) >= 11 is -1.91. The molecule has 21 heavy (non-hydrogen) atoms. The summed E-state index contributed by atoms with van der Waals surface area (Å²) in [6.07, 6.45) is 0.880. The number of hydrogen-bond acceptors (Lipinski definition) is 4. The fourth-order valence-electron chi connectivity index (χ4n) is 1.14. The van der Waals surface area contributed by atoms with E-state index in [1.165, 1.54) is 0 Å². The van der Waals surface area contributed by atoms with Crippen molar-refractivity contribution in [2.45, 2.75) is 52.6 Å². The topological polar surface area (TPSA) is 156 Å². The first-order valence-corrected chi connectivity index (χ1v) is 7.78. The Labute approximate surface area is 132 Å². The Hall–Kier alpha value is -0.891. The average molecular weight is 391 g/mol. The summed E-state index contributed by atoms with van der Waals surface area (Å²) in [5.74, 6) is -1.46. The van der Waals surface area contributed by atoms with Crippen LogP contribution in [0.2, 0.25) is 0 Å². The number of rotatable bonds is 6. The molecule has 0 saturated carbocycles. The minimum absolute atomic E-state index is 0.295. The second-order valence-electron chi connectivity index (χ2n) is 5.10. The molecule has 0 rings (SSSR count). The molecular weight excluding hydrogens is 367 g/mol. The summed E-state index contributed by atoms with van der Waals surface area (Å²) in [6.45, 7) is 7.63. The average Bonchev–Trinajstić information content (AvgIpc) is 2.28. The van der Waals surface area contributed by atoms with Gasteiger partial charge in [0.15, 0.2) is 0 Å². The first kappa shape index (κ1) is 25.1. The summed E-state index contributed by atoms with van der Waals surface area (Å²) in [5, 5.41) is 16.5. The number of carboxylic acids is 2. The van der Waals surface area contributed by atoms with E-state index in [1.54, 1.807) is 0 Å². The molecule has 0 fully saturated rings. The van der Waals surface area contributed by atoms with Gasteiger partial charge < -0.3 is 21.7 Å². The number of carboxylic acid groups (broad SMARTS) is 2. The Kier molecular flexibility index (Phi) is 18.5. The molecule has 124 valence electrons. The molecule has 0 aliphatic carbocycles. The van der Waals surface area contributed by atoms with Gasteiger partial charge in [-0.1, -0.05) is 40.5 Å². The van der Waals surface area contributed by atoms with Gasteiger partial charge in [-0.25, -0.2) is 0 Å². The number of hydrogen-bond donors (Lipinski definition) is 2. The van der Waals surface area contributed by atoms with Gasteiger partial charge in [0.1, 0.15) is 0 Å². The molecule has 0 saturated heterocycles. The van der Waals surface area contributed by atoms with Crippen molar-refractivity contribution < 1.29 is 44.4 Å². The normalized spacial score (nSPS) is 12.2. The first-order valence-electron chi connectivity index (χ1n) is 6.26. The Morgan fingerprint density at radius 1 is 0.857 bits per heavy atom. The SMILES string of the molecule is CC(C)CC([NH-])C(=O)O.CC(C)CC([NH-])C(=O)O.[O]=[99Tc+3]=[O]. The summed E-state index contributed by atoms with van der Waals surface area (Å²) < 4.78 is 17.0. The molecule has 4 N–H and O–H groups in total. The molecule has 0 amide bonds. The van der Waals surface area contributed by atoms with E-state index in [-0.39, 0.29) is 0 Å². The zero-order chi connectivity index (χ0) is 17.6. The molecule has 0 heterocycles. The van der Waals surface area contributed by atoms with Crippen molar-refractivity contribution in [3.63, 3.8) is 0 Å². The van der Waals surface area contributed by atoms with E-state index in [4.69, 9.17) is 28.7 Å². The van der Waals surface area contributed by atoms with E-state index in [0.717, 1.165) is 0 Å². The molecule has 0 aromatic rings. The van der Waals surface area contributed by atoms with Crippen molar-refractivity contribution in [1.82, 2.24) is 0 Å². The van der Waals surface area contributed by atoms with E-state index < -0.39 is 41.6 Å². The van der Waals surface area contributed by atoms with Crippen molar-refractivity contribution in [3.05, 3.63) is 11.5 Å². The van der Waals surface area contributed by atoms with Crippen LogP contribution in [-0.4, -0.2) is 34.2 Å². The van der Waals surface area contributed by atoms with Crippen LogP contribution in [0.3, 0.4) is 0 Å². The third-order valence-electron chi connectivity index (χ3n) is 2.01. The number of nitrogens with one attached hydrogen (secondary N) is 2. The van der Waals surface area contributed by atoms with Gasteiger partial charge in [0.2, 0.25) is 0 Å². The van der Waals surface area contributed by atoms with Crippen LogP contribution in [0.1, 0.15) is 40.5 Å². The molecule has 0 spiro atoms. The summed E-state index contributed by atoms with van der Waals surface area (Å²) in [5.41, 5.74) is 13.9. The van der Waals surface area contributed by atoms with Crippen LogP contribution >= 0.6 is 0 Å². The summed E-state index contributed by atoms with van der Waals surface area (Å²) in [6, 6.07) is -1.88. The van der Waals surface area contributed by atoms with E-state index >= 15 is 0 Å². The first-order chi connectivity index (χ1) is 9.49. The maximum atomic E-state index is 10.0. The van der Waals surface area contributed by atoms with Gasteiger partial charge in [-0.3, -0.25) is 9.59 Å². The molecule has 0 aliphatic heterocycles. The number of carbonyl (C=O) groups is 2. The van der Waals surface area contributed by atoms with Gasteiger partial charge in [-0.05, 0) is 23.9 Å². The quantitative estimate of drug-likeness (QED) is 0.709. The van der Waals surface area contributed by atoms with E-state index in [0.29, 0.717) is 24.7 Å². The van der Waals surface area contributed by atoms with Crippen molar-refractivity contribution in [3.8, 4) is 0 Å². The van der Waals surface area contributed by atoms with Crippen LogP contribution in [-0.2, 0) is 34.2 Å². The zero-order valence-corrected chi connectivity index (χ0v) is 14.5. The molecule has 0 aromatic heterocycles. The molecule has 2 atom stereocenters. The molecule has 0 aliphatic rings. The van der Waals surface area contributed by atoms with Gasteiger partial charge >= 0.3 is 24.6 Å². The van der Waals surface area contributed by atoms with Crippen LogP contribution in [0.4, 0.5) is 0 Å². The van der Waals surface area contributed by atoms with Crippen LogP contribution in [0.15, 0.2) is 0 Å². The maximum absolute atomic E-state index is 10.0. The Bertz CT molecular complexity index is 304. The molecule has 0 aromatic carbocycles. The van der Waals surface area contributed by atoms with E-state index in [2.05, 4.69) is 0 Å². The summed E-state index contributed by atoms with van der Waals surface area (Å²) in [4.78, 5) is 20.1. The second-order valence-corrected chi connectivity index (χ2v) is 5.41. The van der Waals surface area contributed by atoms with Crippen LogP contribution in [0.25, 0.3) is 11.5 Å². The van der Waals surface area contributed by atoms with Gasteiger partial charge in [0.25, 0.3) is 11.9 Å².